The first-order valence-corrected chi connectivity index (χ1v) is 8.03. The molecule has 1 N–H and O–H groups in total. The summed E-state index contributed by atoms with van der Waals surface area (Å²) < 4.78 is 0.908. The van der Waals surface area contributed by atoms with Gasteiger partial charge in [-0.15, -0.1) is 17.9 Å². The molecule has 0 aliphatic rings. The second-order valence-corrected chi connectivity index (χ2v) is 6.60. The van der Waals surface area contributed by atoms with Crippen molar-refractivity contribution in [2.24, 2.45) is 0 Å². The molecule has 2 rings (SSSR count). The lowest BCUT2D eigenvalue weighted by molar-refractivity contribution is -0.120. The molecule has 3 nitrogen and oxygen atoms in total. The van der Waals surface area contributed by atoms with Crippen LogP contribution in [0, 0.1) is 0 Å². The van der Waals surface area contributed by atoms with Gasteiger partial charge in [-0.05, 0) is 6.92 Å². The quantitative estimate of drug-likeness (QED) is 0.655. The zero-order valence-corrected chi connectivity index (χ0v) is 12.8. The minimum absolute atomic E-state index is 0.00589. The van der Waals surface area contributed by atoms with Crippen LogP contribution in [0.15, 0.2) is 52.7 Å². The average Bonchev–Trinajstić information content (AvgIpc) is 2.94. The van der Waals surface area contributed by atoms with Crippen LogP contribution in [0.25, 0.3) is 11.3 Å². The Morgan fingerprint density at radius 2 is 2.25 bits per heavy atom. The number of nitrogens with zero attached hydrogens (tertiary/aromatic N) is 1. The molecule has 5 heteroatoms. The molecule has 2 aromatic rings. The Balaban J connectivity index is 1.99. The maximum Gasteiger partial charge on any atom is 0.233 e. The number of benzene rings is 1. The number of hydrogen-bond acceptors (Lipinski definition) is 4. The molecule has 1 aromatic carbocycles. The van der Waals surface area contributed by atoms with Gasteiger partial charge in [0.1, 0.15) is 0 Å². The molecular formula is C15H16N2OS2. The Morgan fingerprint density at radius 3 is 2.95 bits per heavy atom. The van der Waals surface area contributed by atoms with E-state index in [4.69, 9.17) is 0 Å². The van der Waals surface area contributed by atoms with E-state index >= 15 is 0 Å². The van der Waals surface area contributed by atoms with Crippen LogP contribution >= 0.6 is 23.1 Å². The largest absolute Gasteiger partial charge is 0.352 e. The van der Waals surface area contributed by atoms with Gasteiger partial charge in [0.05, 0.1) is 10.9 Å². The van der Waals surface area contributed by atoms with Gasteiger partial charge in [-0.2, -0.15) is 0 Å². The molecule has 0 bridgehead atoms. The van der Waals surface area contributed by atoms with Crippen LogP contribution in [0.4, 0.5) is 0 Å². The number of thiazole rings is 1. The molecule has 0 radical (unpaired) electrons. The van der Waals surface area contributed by atoms with E-state index in [-0.39, 0.29) is 11.2 Å². The Labute approximate surface area is 127 Å². The van der Waals surface area contributed by atoms with Gasteiger partial charge in [-0.1, -0.05) is 48.2 Å². The molecular weight excluding hydrogens is 288 g/mol. The fourth-order valence-corrected chi connectivity index (χ4v) is 3.57. The number of carbonyl (C=O) groups excluding carboxylic acids is 1. The minimum Gasteiger partial charge on any atom is -0.352 e. The molecule has 104 valence electrons. The van der Waals surface area contributed by atoms with E-state index in [1.54, 1.807) is 17.4 Å². The van der Waals surface area contributed by atoms with E-state index in [1.165, 1.54) is 11.8 Å². The van der Waals surface area contributed by atoms with Crippen molar-refractivity contribution in [3.63, 3.8) is 0 Å². The summed E-state index contributed by atoms with van der Waals surface area (Å²) in [5, 5.41) is 4.65. The molecule has 1 unspecified atom stereocenters. The van der Waals surface area contributed by atoms with Gasteiger partial charge >= 0.3 is 0 Å². The summed E-state index contributed by atoms with van der Waals surface area (Å²) in [7, 11) is 0. The van der Waals surface area contributed by atoms with Crippen molar-refractivity contribution in [2.45, 2.75) is 16.5 Å². The first kappa shape index (κ1) is 14.8. The van der Waals surface area contributed by atoms with Gasteiger partial charge in [-0.25, -0.2) is 4.98 Å². The van der Waals surface area contributed by atoms with Crippen LogP contribution in [-0.2, 0) is 4.79 Å². The minimum atomic E-state index is -0.162. The SMILES string of the molecule is C=CCNC(=O)C(C)Sc1nc(-c2ccccc2)cs1. The molecule has 1 amide bonds. The van der Waals surface area contributed by atoms with E-state index in [1.807, 2.05) is 42.6 Å². The van der Waals surface area contributed by atoms with Crippen molar-refractivity contribution in [3.05, 3.63) is 48.4 Å². The van der Waals surface area contributed by atoms with Crippen LogP contribution in [0.3, 0.4) is 0 Å². The van der Waals surface area contributed by atoms with Crippen molar-refractivity contribution in [2.75, 3.05) is 6.54 Å². The predicted octanol–water partition coefficient (Wildman–Crippen LogP) is 3.59. The van der Waals surface area contributed by atoms with E-state index in [0.29, 0.717) is 6.54 Å². The standard InChI is InChI=1S/C15H16N2OS2/c1-3-9-16-14(18)11(2)20-15-17-13(10-19-15)12-7-5-4-6-8-12/h3-8,10-11H,1,9H2,2H3,(H,16,18). The highest BCUT2D eigenvalue weighted by Crippen LogP contribution is 2.30. The third-order valence-corrected chi connectivity index (χ3v) is 4.69. The van der Waals surface area contributed by atoms with E-state index < -0.39 is 0 Å². The van der Waals surface area contributed by atoms with Gasteiger partial charge in [0.15, 0.2) is 4.34 Å². The summed E-state index contributed by atoms with van der Waals surface area (Å²) in [5.74, 6) is 0.00589. The van der Waals surface area contributed by atoms with Crippen molar-refractivity contribution in [1.29, 1.82) is 0 Å². The molecule has 0 spiro atoms. The lowest BCUT2D eigenvalue weighted by Gasteiger charge is -2.08. The van der Waals surface area contributed by atoms with Gasteiger partial charge < -0.3 is 5.32 Å². The molecule has 0 saturated carbocycles. The third-order valence-electron chi connectivity index (χ3n) is 2.62. The Kier molecular flexibility index (Phi) is 5.38. The van der Waals surface area contributed by atoms with Crippen molar-refractivity contribution < 1.29 is 4.79 Å². The van der Waals surface area contributed by atoms with Crippen LogP contribution in [0.2, 0.25) is 0 Å². The lowest BCUT2D eigenvalue weighted by Crippen LogP contribution is -2.30. The highest BCUT2D eigenvalue weighted by atomic mass is 32.2. The van der Waals surface area contributed by atoms with E-state index in [9.17, 15) is 4.79 Å². The maximum atomic E-state index is 11.8. The number of thioether (sulfide) groups is 1. The fraction of sp³-hybridized carbons (Fsp3) is 0.200. The van der Waals surface area contributed by atoms with Crippen molar-refractivity contribution in [1.82, 2.24) is 10.3 Å². The monoisotopic (exact) mass is 304 g/mol. The van der Waals surface area contributed by atoms with Gasteiger partial charge in [0.25, 0.3) is 0 Å². The maximum absolute atomic E-state index is 11.8. The fourth-order valence-electron chi connectivity index (χ4n) is 1.57. The molecule has 20 heavy (non-hydrogen) atoms. The number of nitrogens with one attached hydrogen (secondary N) is 1. The van der Waals surface area contributed by atoms with E-state index in [0.717, 1.165) is 15.6 Å². The molecule has 1 atom stereocenters. The molecule has 1 aromatic heterocycles. The molecule has 0 aliphatic carbocycles. The van der Waals surface area contributed by atoms with Crippen LogP contribution in [-0.4, -0.2) is 22.7 Å². The molecule has 0 aliphatic heterocycles. The Bertz CT molecular complexity index is 581. The average molecular weight is 304 g/mol. The van der Waals surface area contributed by atoms with E-state index in [2.05, 4.69) is 16.9 Å². The second kappa shape index (κ2) is 7.26. The van der Waals surface area contributed by atoms with Crippen LogP contribution < -0.4 is 5.32 Å². The number of rotatable bonds is 6. The highest BCUT2D eigenvalue weighted by Gasteiger charge is 2.15. The van der Waals surface area contributed by atoms with Crippen LogP contribution in [0.1, 0.15) is 6.92 Å². The summed E-state index contributed by atoms with van der Waals surface area (Å²) in [6.07, 6.45) is 1.67. The molecule has 0 fully saturated rings. The Hall–Kier alpha value is -1.59. The van der Waals surface area contributed by atoms with Crippen LogP contribution in [0.5, 0.6) is 0 Å². The van der Waals surface area contributed by atoms with Gasteiger partial charge in [0, 0.05) is 17.5 Å². The third kappa shape index (κ3) is 3.95. The summed E-state index contributed by atoms with van der Waals surface area (Å²) in [5.41, 5.74) is 2.05. The first-order chi connectivity index (χ1) is 9.70. The van der Waals surface area contributed by atoms with Gasteiger partial charge in [0.2, 0.25) is 5.91 Å². The zero-order valence-electron chi connectivity index (χ0n) is 11.2. The normalized spacial score (nSPS) is 11.8. The molecule has 1 heterocycles. The number of hydrogen-bond donors (Lipinski definition) is 1. The smallest absolute Gasteiger partial charge is 0.233 e. The van der Waals surface area contributed by atoms with Crippen molar-refractivity contribution >= 4 is 29.0 Å². The first-order valence-electron chi connectivity index (χ1n) is 6.27. The topological polar surface area (TPSA) is 42.0 Å². The second-order valence-electron chi connectivity index (χ2n) is 4.16. The zero-order chi connectivity index (χ0) is 14.4. The Morgan fingerprint density at radius 1 is 1.50 bits per heavy atom. The summed E-state index contributed by atoms with van der Waals surface area (Å²) in [6.45, 7) is 5.96. The summed E-state index contributed by atoms with van der Waals surface area (Å²) >= 11 is 3.04. The highest BCUT2D eigenvalue weighted by molar-refractivity contribution is 8.02. The predicted molar refractivity (Wildman–Crippen MR) is 86.1 cm³/mol. The lowest BCUT2D eigenvalue weighted by atomic mass is 10.2. The molecule has 0 saturated heterocycles. The summed E-state index contributed by atoms with van der Waals surface area (Å²) in [4.78, 5) is 16.3. The van der Waals surface area contributed by atoms with Gasteiger partial charge in [-0.3, -0.25) is 4.79 Å². The number of carbonyl (C=O) groups is 1. The summed E-state index contributed by atoms with van der Waals surface area (Å²) in [6, 6.07) is 10.0. The van der Waals surface area contributed by atoms with Crippen molar-refractivity contribution in [3.8, 4) is 11.3 Å². The number of aromatic nitrogens is 1. The number of amides is 1.